The first kappa shape index (κ1) is 33.0. The lowest BCUT2D eigenvalue weighted by Gasteiger charge is -2.47. The normalized spacial score (nSPS) is 22.2. The second-order valence-corrected chi connectivity index (χ2v) is 13.3. The zero-order chi connectivity index (χ0) is 36.3. The number of phenolic OH excluding ortho intramolecular Hbond substituents is 1. The van der Waals surface area contributed by atoms with Crippen molar-refractivity contribution < 1.29 is 23.8 Å². The Morgan fingerprint density at radius 3 is 2.38 bits per heavy atom. The van der Waals surface area contributed by atoms with Crippen molar-refractivity contribution in [3.05, 3.63) is 158 Å². The molecule has 4 atom stereocenters. The molecule has 2 aliphatic heterocycles. The van der Waals surface area contributed by atoms with Crippen molar-refractivity contribution in [1.29, 1.82) is 0 Å². The van der Waals surface area contributed by atoms with Crippen molar-refractivity contribution >= 4 is 35.2 Å². The van der Waals surface area contributed by atoms with Gasteiger partial charge >= 0.3 is 11.4 Å². The number of allylic oxidation sites excluding steroid dienone is 3. The number of aromatic nitrogens is 3. The summed E-state index contributed by atoms with van der Waals surface area (Å²) in [6, 6.07) is 24.7. The summed E-state index contributed by atoms with van der Waals surface area (Å²) in [6.45, 7) is 0.0398. The van der Waals surface area contributed by atoms with Crippen molar-refractivity contribution in [2.75, 3.05) is 12.5 Å². The molecule has 3 aliphatic rings. The molecule has 262 valence electrons. The van der Waals surface area contributed by atoms with Crippen LogP contribution in [0.2, 0.25) is 5.02 Å². The zero-order valence-corrected chi connectivity index (χ0v) is 28.4. The van der Waals surface area contributed by atoms with Crippen LogP contribution in [0.1, 0.15) is 23.6 Å². The fraction of sp³-hybridized carbons (Fsp3) is 0.179. The summed E-state index contributed by atoms with van der Waals surface area (Å²) in [7, 11) is 1.44. The SMILES string of the molecule is COc1cc(C=C[C@H]2C3=CCn4c(=O)n(-c5ccccc5)c(=O)n4[C@@H]3C[C@H]3C(=O)N(Nc4ccc(F)cc4)C(=O)[C@@]23c2ccc(Cl)cc2)ccc1O. The Hall–Kier alpha value is -6.14. The molecule has 1 aromatic heterocycles. The van der Waals surface area contributed by atoms with E-state index in [2.05, 4.69) is 5.43 Å². The maximum absolute atomic E-state index is 15.1. The maximum Gasteiger partial charge on any atom is 0.352 e. The van der Waals surface area contributed by atoms with E-state index in [-0.39, 0.29) is 24.5 Å². The van der Waals surface area contributed by atoms with Gasteiger partial charge in [-0.15, -0.1) is 0 Å². The van der Waals surface area contributed by atoms with Crippen molar-refractivity contribution in [1.82, 2.24) is 18.9 Å². The van der Waals surface area contributed by atoms with Crippen LogP contribution >= 0.6 is 11.6 Å². The minimum Gasteiger partial charge on any atom is -0.504 e. The monoisotopic (exact) mass is 719 g/mol. The summed E-state index contributed by atoms with van der Waals surface area (Å²) in [4.78, 5) is 57.8. The average molecular weight is 720 g/mol. The number of amides is 2. The predicted molar refractivity (Wildman–Crippen MR) is 192 cm³/mol. The highest BCUT2D eigenvalue weighted by Gasteiger charge is 2.68. The third kappa shape index (κ3) is 5.01. The Kier molecular flexibility index (Phi) is 7.98. The molecule has 1 aliphatic carbocycles. The lowest BCUT2D eigenvalue weighted by Crippen LogP contribution is -2.54. The van der Waals surface area contributed by atoms with Crippen molar-refractivity contribution in [3.63, 3.8) is 0 Å². The highest BCUT2D eigenvalue weighted by Crippen LogP contribution is 2.59. The van der Waals surface area contributed by atoms with Crippen LogP contribution in [-0.2, 0) is 21.5 Å². The standard InChI is InChI=1S/C39H31ClFN5O6/c1-52-34-21-23(8-18-33(34)47)7-17-30-29-19-20-43-37(50)44(28-5-3-2-4-6-28)38(51)46(43)32(29)22-31-35(48)45(42-27-15-13-26(41)14-16-27)36(49)39(30,31)24-9-11-25(40)12-10-24/h2-19,21,30-32,42,47H,20,22H2,1H3/t30-,31-,32+,39-/m0/s1. The fourth-order valence-electron chi connectivity index (χ4n) is 7.96. The Morgan fingerprint density at radius 1 is 0.942 bits per heavy atom. The van der Waals surface area contributed by atoms with Gasteiger partial charge < -0.3 is 9.84 Å². The molecular formula is C39H31ClFN5O6. The maximum atomic E-state index is 15.1. The average Bonchev–Trinajstić information content (AvgIpc) is 3.53. The van der Waals surface area contributed by atoms with E-state index in [0.717, 1.165) is 9.58 Å². The van der Waals surface area contributed by atoms with E-state index in [9.17, 15) is 23.9 Å². The summed E-state index contributed by atoms with van der Waals surface area (Å²) >= 11 is 6.34. The number of benzene rings is 4. The predicted octanol–water partition coefficient (Wildman–Crippen LogP) is 5.47. The number of carbonyl (C=O) groups is 2. The molecule has 11 nitrogen and oxygen atoms in total. The van der Waals surface area contributed by atoms with Gasteiger partial charge in [0.25, 0.3) is 11.8 Å². The number of para-hydroxylation sites is 1. The minimum absolute atomic E-state index is 0.0101. The van der Waals surface area contributed by atoms with Crippen LogP contribution in [0.3, 0.4) is 0 Å². The number of phenols is 1. The quantitative estimate of drug-likeness (QED) is 0.169. The largest absolute Gasteiger partial charge is 0.504 e. The highest BCUT2D eigenvalue weighted by molar-refractivity contribution is 6.30. The van der Waals surface area contributed by atoms with Crippen LogP contribution in [0.4, 0.5) is 10.1 Å². The summed E-state index contributed by atoms with van der Waals surface area (Å²) in [5.41, 5.74) is 2.83. The zero-order valence-electron chi connectivity index (χ0n) is 27.6. The van der Waals surface area contributed by atoms with Gasteiger partial charge in [0.1, 0.15) is 5.82 Å². The molecular weight excluding hydrogens is 689 g/mol. The van der Waals surface area contributed by atoms with E-state index in [1.165, 1.54) is 46.8 Å². The summed E-state index contributed by atoms with van der Waals surface area (Å²) in [5, 5.41) is 11.7. The van der Waals surface area contributed by atoms with E-state index < -0.39 is 52.3 Å². The van der Waals surface area contributed by atoms with Gasteiger partial charge in [0.2, 0.25) is 0 Å². The molecule has 52 heavy (non-hydrogen) atoms. The fourth-order valence-corrected chi connectivity index (χ4v) is 8.09. The lowest BCUT2D eigenvalue weighted by atomic mass is 9.54. The second kappa shape index (κ2) is 12.6. The molecule has 13 heteroatoms. The molecule has 0 radical (unpaired) electrons. The third-order valence-electron chi connectivity index (χ3n) is 10.3. The smallest absolute Gasteiger partial charge is 0.352 e. The molecule has 3 heterocycles. The minimum atomic E-state index is -1.54. The van der Waals surface area contributed by atoms with E-state index in [1.807, 2.05) is 12.2 Å². The number of halogens is 2. The number of fused-ring (bicyclic) bond motifs is 4. The van der Waals surface area contributed by atoms with E-state index in [0.29, 0.717) is 33.1 Å². The van der Waals surface area contributed by atoms with Gasteiger partial charge in [-0.3, -0.25) is 15.0 Å². The van der Waals surface area contributed by atoms with Crippen molar-refractivity contribution in [2.24, 2.45) is 11.8 Å². The molecule has 2 fully saturated rings. The first-order chi connectivity index (χ1) is 25.1. The highest BCUT2D eigenvalue weighted by atomic mass is 35.5. The number of hydrogen-bond acceptors (Lipinski definition) is 7. The van der Waals surface area contributed by atoms with Crippen LogP contribution in [0.5, 0.6) is 11.5 Å². The molecule has 0 spiro atoms. The molecule has 5 aromatic rings. The van der Waals surface area contributed by atoms with Gasteiger partial charge in [0.15, 0.2) is 11.5 Å². The Balaban J connectivity index is 1.35. The number of methoxy groups -OCH3 is 1. The van der Waals surface area contributed by atoms with Gasteiger partial charge in [-0.2, -0.15) is 5.01 Å². The number of anilines is 1. The number of imide groups is 1. The Labute approximate surface area is 301 Å². The Bertz CT molecular complexity index is 2420. The van der Waals surface area contributed by atoms with Crippen LogP contribution < -0.4 is 21.5 Å². The number of carbonyl (C=O) groups excluding carboxylic acids is 2. The number of hydrogen-bond donors (Lipinski definition) is 2. The number of ether oxygens (including phenoxy) is 1. The van der Waals surface area contributed by atoms with Crippen LogP contribution in [0.15, 0.2) is 124 Å². The molecule has 8 rings (SSSR count). The molecule has 1 saturated heterocycles. The molecule has 2 N–H and O–H groups in total. The van der Waals surface area contributed by atoms with Gasteiger partial charge in [0.05, 0.1) is 42.4 Å². The topological polar surface area (TPSA) is 128 Å². The van der Waals surface area contributed by atoms with Crippen molar-refractivity contribution in [3.8, 4) is 17.2 Å². The number of hydrazine groups is 1. The number of nitrogens with zero attached hydrogens (tertiary/aromatic N) is 4. The molecule has 2 amide bonds. The van der Waals surface area contributed by atoms with Gasteiger partial charge in [-0.05, 0) is 83.8 Å². The molecule has 0 bridgehead atoms. The first-order valence-electron chi connectivity index (χ1n) is 16.5. The Morgan fingerprint density at radius 2 is 1.67 bits per heavy atom. The summed E-state index contributed by atoms with van der Waals surface area (Å²) < 4.78 is 23.0. The van der Waals surface area contributed by atoms with E-state index >= 15 is 4.79 Å². The number of nitrogens with one attached hydrogen (secondary N) is 1. The lowest BCUT2D eigenvalue weighted by molar-refractivity contribution is -0.138. The third-order valence-corrected chi connectivity index (χ3v) is 10.5. The number of aromatic hydroxyl groups is 1. The van der Waals surface area contributed by atoms with Gasteiger partial charge in [-0.1, -0.05) is 66.2 Å². The molecule has 1 saturated carbocycles. The van der Waals surface area contributed by atoms with Crippen LogP contribution in [0, 0.1) is 17.7 Å². The van der Waals surface area contributed by atoms with Gasteiger partial charge in [-0.25, -0.2) is 27.9 Å². The molecule has 0 unspecified atom stereocenters. The number of rotatable bonds is 7. The summed E-state index contributed by atoms with van der Waals surface area (Å²) in [6.07, 6.45) is 5.47. The van der Waals surface area contributed by atoms with Crippen LogP contribution in [-0.4, -0.2) is 43.0 Å². The van der Waals surface area contributed by atoms with Crippen molar-refractivity contribution in [2.45, 2.75) is 24.4 Å². The second-order valence-electron chi connectivity index (χ2n) is 12.9. The molecule has 4 aromatic carbocycles. The first-order valence-corrected chi connectivity index (χ1v) is 16.9. The van der Waals surface area contributed by atoms with Crippen LogP contribution in [0.25, 0.3) is 11.8 Å². The summed E-state index contributed by atoms with van der Waals surface area (Å²) in [5.74, 6) is -3.26. The van der Waals surface area contributed by atoms with E-state index in [1.54, 1.807) is 72.8 Å². The van der Waals surface area contributed by atoms with Gasteiger partial charge in [0, 0.05) is 10.9 Å². The van der Waals surface area contributed by atoms with E-state index in [4.69, 9.17) is 16.3 Å².